The van der Waals surface area contributed by atoms with Crippen molar-refractivity contribution >= 4 is 15.9 Å². The van der Waals surface area contributed by atoms with Gasteiger partial charge in [0.1, 0.15) is 6.10 Å². The lowest BCUT2D eigenvalue weighted by Gasteiger charge is -2.17. The van der Waals surface area contributed by atoms with Gasteiger partial charge >= 0.3 is 6.18 Å². The van der Waals surface area contributed by atoms with Crippen molar-refractivity contribution in [1.29, 1.82) is 0 Å². The van der Waals surface area contributed by atoms with Gasteiger partial charge in [0.15, 0.2) is 0 Å². The fraction of sp³-hybridized carbons (Fsp3) is 0.533. The van der Waals surface area contributed by atoms with Gasteiger partial charge in [0.2, 0.25) is 15.9 Å². The molecule has 0 radical (unpaired) electrons. The van der Waals surface area contributed by atoms with E-state index < -0.39 is 32.8 Å². The Labute approximate surface area is 143 Å². The number of carbonyl (C=O) groups is 1. The molecule has 1 N–H and O–H groups in total. The van der Waals surface area contributed by atoms with Gasteiger partial charge in [0, 0.05) is 19.0 Å². The molecule has 0 spiro atoms. The molecule has 2 fully saturated rings. The van der Waals surface area contributed by atoms with Gasteiger partial charge < -0.3 is 0 Å². The summed E-state index contributed by atoms with van der Waals surface area (Å²) < 4.78 is 64.4. The molecule has 0 bridgehead atoms. The molecule has 1 atom stereocenters. The molecule has 10 heteroatoms. The number of hydrogen-bond acceptors (Lipinski definition) is 4. The van der Waals surface area contributed by atoms with E-state index >= 15 is 0 Å². The molecule has 6 nitrogen and oxygen atoms in total. The van der Waals surface area contributed by atoms with Crippen molar-refractivity contribution in [3.63, 3.8) is 0 Å². The summed E-state index contributed by atoms with van der Waals surface area (Å²) in [5.74, 6) is -0.259. The smallest absolute Gasteiger partial charge is 0.273 e. The van der Waals surface area contributed by atoms with Crippen LogP contribution in [0.5, 0.6) is 0 Å². The molecule has 25 heavy (non-hydrogen) atoms. The highest BCUT2D eigenvalue weighted by Crippen LogP contribution is 2.32. The molecular weight excluding hydrogens is 361 g/mol. The number of amides is 1. The van der Waals surface area contributed by atoms with Crippen LogP contribution in [0, 0.1) is 5.92 Å². The van der Waals surface area contributed by atoms with Gasteiger partial charge in [-0.25, -0.2) is 13.9 Å². The molecule has 1 amide bonds. The molecule has 1 aliphatic carbocycles. The first-order chi connectivity index (χ1) is 11.7. The van der Waals surface area contributed by atoms with E-state index in [2.05, 4.69) is 5.48 Å². The van der Waals surface area contributed by atoms with Crippen LogP contribution in [-0.2, 0) is 25.8 Å². The van der Waals surface area contributed by atoms with Gasteiger partial charge in [-0.3, -0.25) is 9.63 Å². The van der Waals surface area contributed by atoms with Gasteiger partial charge in [-0.15, -0.1) is 0 Å². The van der Waals surface area contributed by atoms with Crippen LogP contribution in [0.4, 0.5) is 13.2 Å². The average molecular weight is 378 g/mol. The van der Waals surface area contributed by atoms with Crippen molar-refractivity contribution in [2.45, 2.75) is 36.4 Å². The van der Waals surface area contributed by atoms with Crippen LogP contribution < -0.4 is 5.48 Å². The predicted octanol–water partition coefficient (Wildman–Crippen LogP) is 1.93. The van der Waals surface area contributed by atoms with E-state index in [4.69, 9.17) is 4.84 Å². The number of alkyl halides is 3. The lowest BCUT2D eigenvalue weighted by molar-refractivity contribution is -0.139. The van der Waals surface area contributed by atoms with Crippen molar-refractivity contribution in [3.05, 3.63) is 29.8 Å². The quantitative estimate of drug-likeness (QED) is 0.795. The van der Waals surface area contributed by atoms with E-state index in [9.17, 15) is 26.4 Å². The van der Waals surface area contributed by atoms with Gasteiger partial charge in [-0.05, 0) is 37.5 Å². The Morgan fingerprint density at radius 2 is 1.96 bits per heavy atom. The van der Waals surface area contributed by atoms with Crippen molar-refractivity contribution in [3.8, 4) is 0 Å². The van der Waals surface area contributed by atoms with Crippen molar-refractivity contribution in [2.75, 3.05) is 13.1 Å². The Hall–Kier alpha value is -1.65. The second kappa shape index (κ2) is 6.58. The molecular formula is C15H17F3N2O4S. The molecule has 1 saturated carbocycles. The van der Waals surface area contributed by atoms with E-state index in [1.807, 2.05) is 0 Å². The molecule has 1 unspecified atom stereocenters. The summed E-state index contributed by atoms with van der Waals surface area (Å²) in [5.41, 5.74) is 1.30. The van der Waals surface area contributed by atoms with Crippen molar-refractivity contribution in [2.24, 2.45) is 5.92 Å². The standard InChI is InChI=1S/C15H17F3N2O4S/c16-15(17,18)11-2-1-3-13(8-11)25(22,23)20-7-6-12(9-20)24-19-14(21)10-4-5-10/h1-3,8,10,12H,4-7,9H2,(H,19,21). The summed E-state index contributed by atoms with van der Waals surface area (Å²) >= 11 is 0. The topological polar surface area (TPSA) is 75.7 Å². The molecule has 1 heterocycles. The maximum atomic E-state index is 12.8. The van der Waals surface area contributed by atoms with Gasteiger partial charge in [-0.1, -0.05) is 6.07 Å². The Morgan fingerprint density at radius 3 is 2.60 bits per heavy atom. The highest BCUT2D eigenvalue weighted by Gasteiger charge is 2.37. The number of hydrogen-bond donors (Lipinski definition) is 1. The molecule has 2 aliphatic rings. The molecule has 1 aromatic rings. The van der Waals surface area contributed by atoms with E-state index in [-0.39, 0.29) is 24.9 Å². The maximum Gasteiger partial charge on any atom is 0.416 e. The van der Waals surface area contributed by atoms with Gasteiger partial charge in [0.25, 0.3) is 0 Å². The van der Waals surface area contributed by atoms with E-state index in [1.54, 1.807) is 0 Å². The Balaban J connectivity index is 1.65. The van der Waals surface area contributed by atoms with Crippen LogP contribution in [0.25, 0.3) is 0 Å². The zero-order chi connectivity index (χ0) is 18.2. The lowest BCUT2D eigenvalue weighted by atomic mass is 10.2. The summed E-state index contributed by atoms with van der Waals surface area (Å²) in [4.78, 5) is 16.3. The normalized spacial score (nSPS) is 22.1. The highest BCUT2D eigenvalue weighted by atomic mass is 32.2. The molecule has 1 aliphatic heterocycles. The number of carbonyl (C=O) groups excluding carboxylic acids is 1. The number of halogens is 3. The van der Waals surface area contributed by atoms with Crippen LogP contribution in [-0.4, -0.2) is 37.8 Å². The molecule has 0 aromatic heterocycles. The number of benzene rings is 1. The van der Waals surface area contributed by atoms with Crippen molar-refractivity contribution in [1.82, 2.24) is 9.79 Å². The fourth-order valence-corrected chi connectivity index (χ4v) is 4.10. The average Bonchev–Trinajstić information content (AvgIpc) is 3.30. The number of nitrogens with one attached hydrogen (secondary N) is 1. The highest BCUT2D eigenvalue weighted by molar-refractivity contribution is 7.89. The number of hydroxylamine groups is 1. The number of sulfonamides is 1. The first kappa shape index (κ1) is 18.2. The molecule has 1 saturated heterocycles. The summed E-state index contributed by atoms with van der Waals surface area (Å²) in [5, 5.41) is 0. The fourth-order valence-electron chi connectivity index (χ4n) is 2.56. The van der Waals surface area contributed by atoms with E-state index in [1.165, 1.54) is 0 Å². The minimum absolute atomic E-state index is 0.0243. The summed E-state index contributed by atoms with van der Waals surface area (Å²) in [6, 6.07) is 3.64. The number of nitrogens with zero attached hydrogens (tertiary/aromatic N) is 1. The first-order valence-electron chi connectivity index (χ1n) is 7.81. The van der Waals surface area contributed by atoms with Crippen LogP contribution in [0.3, 0.4) is 0 Å². The van der Waals surface area contributed by atoms with Gasteiger partial charge in [0.05, 0.1) is 10.5 Å². The molecule has 1 aromatic carbocycles. The molecule has 3 rings (SSSR count). The lowest BCUT2D eigenvalue weighted by Crippen LogP contribution is -2.34. The Kier molecular flexibility index (Phi) is 4.78. The largest absolute Gasteiger partial charge is 0.416 e. The summed E-state index contributed by atoms with van der Waals surface area (Å²) in [6.07, 6.45) is -3.16. The van der Waals surface area contributed by atoms with Gasteiger partial charge in [-0.2, -0.15) is 17.5 Å². The SMILES string of the molecule is O=C(NOC1CCN(S(=O)(=O)c2cccc(C(F)(F)F)c2)C1)C1CC1. The number of rotatable bonds is 5. The maximum absolute atomic E-state index is 12.8. The van der Waals surface area contributed by atoms with Crippen LogP contribution in [0.15, 0.2) is 29.2 Å². The molecule has 138 valence electrons. The second-order valence-corrected chi connectivity index (χ2v) is 8.10. The van der Waals surface area contributed by atoms with Crippen LogP contribution in [0.1, 0.15) is 24.8 Å². The van der Waals surface area contributed by atoms with Crippen molar-refractivity contribution < 1.29 is 31.2 Å². The minimum atomic E-state index is -4.62. The third-order valence-electron chi connectivity index (χ3n) is 4.18. The zero-order valence-corrected chi connectivity index (χ0v) is 13.9. The third kappa shape index (κ3) is 4.13. The zero-order valence-electron chi connectivity index (χ0n) is 13.1. The minimum Gasteiger partial charge on any atom is -0.273 e. The summed E-state index contributed by atoms with van der Waals surface area (Å²) in [6.45, 7) is 0.0894. The van der Waals surface area contributed by atoms with Crippen LogP contribution >= 0.6 is 0 Å². The second-order valence-electron chi connectivity index (χ2n) is 6.16. The Bertz CT molecular complexity index is 762. The summed E-state index contributed by atoms with van der Waals surface area (Å²) in [7, 11) is -4.06. The first-order valence-corrected chi connectivity index (χ1v) is 9.25. The third-order valence-corrected chi connectivity index (χ3v) is 6.04. The monoisotopic (exact) mass is 378 g/mol. The van der Waals surface area contributed by atoms with Crippen LogP contribution in [0.2, 0.25) is 0 Å². The van der Waals surface area contributed by atoms with E-state index in [0.29, 0.717) is 12.5 Å². The Morgan fingerprint density at radius 1 is 1.24 bits per heavy atom. The van der Waals surface area contributed by atoms with E-state index in [0.717, 1.165) is 35.3 Å². The predicted molar refractivity (Wildman–Crippen MR) is 80.6 cm³/mol.